The van der Waals surface area contributed by atoms with Crippen LogP contribution in [0.2, 0.25) is 0 Å². The topological polar surface area (TPSA) is 84.3 Å². The van der Waals surface area contributed by atoms with E-state index in [4.69, 9.17) is 9.26 Å². The second-order valence-corrected chi connectivity index (χ2v) is 8.37. The van der Waals surface area contributed by atoms with E-state index in [1.54, 1.807) is 19.2 Å². The van der Waals surface area contributed by atoms with Crippen LogP contribution in [-0.4, -0.2) is 44.6 Å². The van der Waals surface area contributed by atoms with Gasteiger partial charge in [0, 0.05) is 46.9 Å². The number of fused-ring (bicyclic) bond motifs is 6. The fourth-order valence-corrected chi connectivity index (χ4v) is 5.09. The zero-order valence-electron chi connectivity index (χ0n) is 17.1. The van der Waals surface area contributed by atoms with Crippen LogP contribution in [0.3, 0.4) is 0 Å². The van der Waals surface area contributed by atoms with Crippen LogP contribution in [0.15, 0.2) is 59.3 Å². The number of carbonyl (C=O) groups is 1. The highest BCUT2D eigenvalue weighted by Gasteiger charge is 2.45. The van der Waals surface area contributed by atoms with Gasteiger partial charge in [0.2, 0.25) is 5.88 Å². The summed E-state index contributed by atoms with van der Waals surface area (Å²) in [5.41, 5.74) is 3.97. The van der Waals surface area contributed by atoms with Gasteiger partial charge in [0.15, 0.2) is 5.69 Å². The number of pyridine rings is 1. The smallest absolute Gasteiger partial charge is 0.276 e. The molecule has 1 saturated heterocycles. The monoisotopic (exact) mass is 414 g/mol. The SMILES string of the molecule is Cc1cc(C(=O)N2C[C@H](Oc3ccccn3)[C@H]3C[C@@H]2Cc2c3[nH]c3ccccc23)no1. The Morgan fingerprint density at radius 3 is 2.90 bits per heavy atom. The molecule has 1 amide bonds. The van der Waals surface area contributed by atoms with Gasteiger partial charge in [0.05, 0.1) is 6.54 Å². The number of amides is 1. The molecular formula is C24H22N4O3. The number of hydrogen-bond acceptors (Lipinski definition) is 5. The molecule has 0 unspecified atom stereocenters. The molecule has 7 heteroatoms. The van der Waals surface area contributed by atoms with E-state index in [0.717, 1.165) is 18.4 Å². The predicted molar refractivity (Wildman–Crippen MR) is 114 cm³/mol. The second-order valence-electron chi connectivity index (χ2n) is 8.37. The van der Waals surface area contributed by atoms with Crippen LogP contribution < -0.4 is 4.74 Å². The number of benzene rings is 1. The first-order valence-electron chi connectivity index (χ1n) is 10.6. The van der Waals surface area contributed by atoms with Crippen molar-refractivity contribution in [3.05, 3.63) is 77.4 Å². The molecule has 0 saturated carbocycles. The van der Waals surface area contributed by atoms with Gasteiger partial charge < -0.3 is 19.1 Å². The molecule has 1 aliphatic heterocycles. The summed E-state index contributed by atoms with van der Waals surface area (Å²) in [4.78, 5) is 23.2. The first-order chi connectivity index (χ1) is 15.2. The highest BCUT2D eigenvalue weighted by Crippen LogP contribution is 2.43. The van der Waals surface area contributed by atoms with Gasteiger partial charge in [-0.05, 0) is 37.5 Å². The molecule has 4 heterocycles. The first kappa shape index (κ1) is 18.2. The number of rotatable bonds is 3. The maximum atomic E-state index is 13.3. The lowest BCUT2D eigenvalue weighted by Crippen LogP contribution is -2.56. The lowest BCUT2D eigenvalue weighted by atomic mass is 9.76. The van der Waals surface area contributed by atoms with Gasteiger partial charge in [0.25, 0.3) is 5.91 Å². The van der Waals surface area contributed by atoms with E-state index in [0.29, 0.717) is 23.9 Å². The minimum absolute atomic E-state index is 0.0878. The van der Waals surface area contributed by atoms with E-state index in [9.17, 15) is 4.79 Å². The van der Waals surface area contributed by atoms with Crippen molar-refractivity contribution in [1.29, 1.82) is 0 Å². The first-order valence-corrected chi connectivity index (χ1v) is 10.6. The number of carbonyl (C=O) groups excluding carboxylic acids is 1. The summed E-state index contributed by atoms with van der Waals surface area (Å²) in [5.74, 6) is 1.24. The highest BCUT2D eigenvalue weighted by molar-refractivity contribution is 5.93. The van der Waals surface area contributed by atoms with E-state index < -0.39 is 0 Å². The second kappa shape index (κ2) is 6.97. The Kier molecular flexibility index (Phi) is 4.09. The number of nitrogens with one attached hydrogen (secondary N) is 1. The summed E-state index contributed by atoms with van der Waals surface area (Å²) in [5, 5.41) is 5.18. The van der Waals surface area contributed by atoms with Gasteiger partial charge in [-0.2, -0.15) is 0 Å². The Morgan fingerprint density at radius 1 is 1.23 bits per heavy atom. The summed E-state index contributed by atoms with van der Waals surface area (Å²) in [7, 11) is 0. The molecule has 0 spiro atoms. The molecule has 4 aromatic rings. The van der Waals surface area contributed by atoms with Gasteiger partial charge >= 0.3 is 0 Å². The summed E-state index contributed by atoms with van der Waals surface area (Å²) in [6.45, 7) is 2.27. The van der Waals surface area contributed by atoms with Gasteiger partial charge in [-0.15, -0.1) is 0 Å². The van der Waals surface area contributed by atoms with Crippen LogP contribution in [0.1, 0.15) is 39.8 Å². The number of aromatic nitrogens is 3. The Hall–Kier alpha value is -3.61. The Labute approximate surface area is 179 Å². The molecule has 1 fully saturated rings. The van der Waals surface area contributed by atoms with E-state index >= 15 is 0 Å². The van der Waals surface area contributed by atoms with Crippen molar-refractivity contribution >= 4 is 16.8 Å². The molecule has 2 bridgehead atoms. The number of piperidine rings is 1. The number of aromatic amines is 1. The van der Waals surface area contributed by atoms with Crippen molar-refractivity contribution in [2.75, 3.05) is 6.54 Å². The normalized spacial score (nSPS) is 22.4. The van der Waals surface area contributed by atoms with Crippen LogP contribution in [0.4, 0.5) is 0 Å². The molecule has 7 nitrogen and oxygen atoms in total. The summed E-state index contributed by atoms with van der Waals surface area (Å²) < 4.78 is 11.5. The van der Waals surface area contributed by atoms with Crippen LogP contribution in [0, 0.1) is 6.92 Å². The standard InChI is InChI=1S/C24H22N4O3/c1-14-10-20(27-31-14)24(29)28-13-21(30-22-8-4-5-9-25-22)18-12-15(28)11-17-16-6-2-3-7-19(16)26-23(17)18/h2-10,15,18,21,26H,11-13H2,1H3/t15-,18+,21-/m0/s1. The van der Waals surface area contributed by atoms with Crippen molar-refractivity contribution in [2.24, 2.45) is 0 Å². The fourth-order valence-electron chi connectivity index (χ4n) is 5.09. The van der Waals surface area contributed by atoms with Crippen molar-refractivity contribution in [2.45, 2.75) is 37.8 Å². The van der Waals surface area contributed by atoms with Crippen LogP contribution in [-0.2, 0) is 6.42 Å². The lowest BCUT2D eigenvalue weighted by Gasteiger charge is -2.46. The molecule has 3 atom stereocenters. The molecule has 31 heavy (non-hydrogen) atoms. The number of para-hydroxylation sites is 1. The van der Waals surface area contributed by atoms with Gasteiger partial charge in [-0.25, -0.2) is 4.98 Å². The largest absolute Gasteiger partial charge is 0.472 e. The van der Waals surface area contributed by atoms with E-state index in [1.807, 2.05) is 29.2 Å². The fraction of sp³-hybridized carbons (Fsp3) is 0.292. The Bertz CT molecular complexity index is 1260. The summed E-state index contributed by atoms with van der Waals surface area (Å²) >= 11 is 0. The third kappa shape index (κ3) is 3.00. The van der Waals surface area contributed by atoms with E-state index in [-0.39, 0.29) is 24.0 Å². The molecule has 1 N–H and O–H groups in total. The van der Waals surface area contributed by atoms with E-state index in [1.165, 1.54) is 16.6 Å². The van der Waals surface area contributed by atoms with Crippen LogP contribution >= 0.6 is 0 Å². The maximum absolute atomic E-state index is 13.3. The van der Waals surface area contributed by atoms with Gasteiger partial charge in [0.1, 0.15) is 11.9 Å². The molecule has 2 aliphatic rings. The third-order valence-electron chi connectivity index (χ3n) is 6.47. The third-order valence-corrected chi connectivity index (χ3v) is 6.47. The van der Waals surface area contributed by atoms with E-state index in [2.05, 4.69) is 33.3 Å². The minimum Gasteiger partial charge on any atom is -0.472 e. The highest BCUT2D eigenvalue weighted by atomic mass is 16.5. The summed E-state index contributed by atoms with van der Waals surface area (Å²) in [6.07, 6.45) is 3.15. The maximum Gasteiger partial charge on any atom is 0.276 e. The number of hydrogen-bond donors (Lipinski definition) is 1. The number of ether oxygens (including phenoxy) is 1. The predicted octanol–water partition coefficient (Wildman–Crippen LogP) is 3.86. The molecular weight excluding hydrogens is 392 g/mol. The number of H-pyrrole nitrogens is 1. The zero-order chi connectivity index (χ0) is 20.9. The van der Waals surface area contributed by atoms with Crippen LogP contribution in [0.5, 0.6) is 5.88 Å². The molecule has 1 aromatic carbocycles. The molecule has 156 valence electrons. The Balaban J connectivity index is 1.42. The minimum atomic E-state index is -0.213. The van der Waals surface area contributed by atoms with Gasteiger partial charge in [-0.3, -0.25) is 4.79 Å². The molecule has 0 radical (unpaired) electrons. The average molecular weight is 414 g/mol. The lowest BCUT2D eigenvalue weighted by molar-refractivity contribution is 0.0186. The average Bonchev–Trinajstić information content (AvgIpc) is 3.39. The van der Waals surface area contributed by atoms with Crippen LogP contribution in [0.25, 0.3) is 10.9 Å². The van der Waals surface area contributed by atoms with Crippen molar-refractivity contribution < 1.29 is 14.1 Å². The number of likely N-dealkylation sites (tertiary alicyclic amines) is 1. The van der Waals surface area contributed by atoms with Crippen molar-refractivity contribution in [3.8, 4) is 5.88 Å². The number of nitrogens with zero attached hydrogens (tertiary/aromatic N) is 3. The van der Waals surface area contributed by atoms with Crippen molar-refractivity contribution in [3.63, 3.8) is 0 Å². The molecule has 6 rings (SSSR count). The zero-order valence-corrected chi connectivity index (χ0v) is 17.1. The summed E-state index contributed by atoms with van der Waals surface area (Å²) in [6, 6.07) is 15.8. The Morgan fingerprint density at radius 2 is 2.10 bits per heavy atom. The quantitative estimate of drug-likeness (QED) is 0.550. The van der Waals surface area contributed by atoms with Crippen molar-refractivity contribution in [1.82, 2.24) is 20.0 Å². The van der Waals surface area contributed by atoms with Gasteiger partial charge in [-0.1, -0.05) is 29.4 Å². The number of aryl methyl sites for hydroxylation is 1. The molecule has 1 aliphatic carbocycles. The molecule has 3 aromatic heterocycles.